The van der Waals surface area contributed by atoms with Gasteiger partial charge in [0.15, 0.2) is 0 Å². The Balaban J connectivity index is 1.07. The van der Waals surface area contributed by atoms with E-state index in [1.807, 2.05) is 0 Å². The third kappa shape index (κ3) is 4.70. The zero-order valence-corrected chi connectivity index (χ0v) is 34.7. The van der Waals surface area contributed by atoms with E-state index in [1.54, 1.807) is 0 Å². The first-order valence-corrected chi connectivity index (χ1v) is 22.1. The number of fused-ring (bicyclic) bond motifs is 17. The minimum Gasteiger partial charge on any atom is -0.455 e. The molecule has 1 spiro atoms. The molecule has 0 fully saturated rings. The summed E-state index contributed by atoms with van der Waals surface area (Å²) in [6, 6.07) is 84.5. The minimum absolute atomic E-state index is 0.460. The van der Waals surface area contributed by atoms with Crippen LogP contribution in [0.5, 0.6) is 0 Å². The van der Waals surface area contributed by atoms with Gasteiger partial charge in [-0.15, -0.1) is 0 Å². The molecule has 2 aliphatic rings. The second kappa shape index (κ2) is 13.3. The van der Waals surface area contributed by atoms with E-state index in [4.69, 9.17) is 4.42 Å². The van der Waals surface area contributed by atoms with E-state index in [0.717, 1.165) is 66.5 Å². The maximum atomic E-state index is 6.83. The van der Waals surface area contributed by atoms with Crippen LogP contribution in [0.1, 0.15) is 22.3 Å². The number of nitrogens with zero attached hydrogens (tertiary/aromatic N) is 2. The fraction of sp³-hybridized carbons (Fsp3) is 0.0164. The molecule has 64 heavy (non-hydrogen) atoms. The SMILES string of the molecule is c1ccc(-c2ccc(N(c3ccc4c(c3)c3c5oc6ccccc6c5ccc3n4-c3ccccc3)c3cccc4c3-c3ccccc3C43c4ccccc4-c4ccccc43)cc2)cc1. The number of rotatable bonds is 5. The standard InChI is InChI=1S/C61H38N2O/c1-3-16-39(17-4-1)40-30-32-42(33-31-40)62(55-28-15-27-53-58(55)48-23-9-13-26-52(48)61(53)50-24-11-7-20-44(50)45-21-8-12-25-51(45)61)43-34-36-54-49(38-43)59-56(63(54)41-18-5-2-6-19-41)37-35-47-46-22-10-14-29-57(46)64-60(47)59/h1-38H. The van der Waals surface area contributed by atoms with E-state index in [9.17, 15) is 0 Å². The first-order valence-electron chi connectivity index (χ1n) is 22.1. The Labute approximate surface area is 370 Å². The second-order valence-corrected chi connectivity index (χ2v) is 17.1. The van der Waals surface area contributed by atoms with Gasteiger partial charge in [0.25, 0.3) is 0 Å². The number of hydrogen-bond acceptors (Lipinski definition) is 2. The number of benzene rings is 10. The lowest BCUT2D eigenvalue weighted by molar-refractivity contribution is 0.673. The third-order valence-electron chi connectivity index (χ3n) is 14.0. The Morgan fingerprint density at radius 3 is 1.72 bits per heavy atom. The average molecular weight is 815 g/mol. The van der Waals surface area contributed by atoms with Gasteiger partial charge in [0.1, 0.15) is 11.2 Å². The zero-order valence-electron chi connectivity index (χ0n) is 34.7. The van der Waals surface area contributed by atoms with Crippen LogP contribution in [0, 0.1) is 0 Å². The minimum atomic E-state index is -0.460. The van der Waals surface area contributed by atoms with Crippen LogP contribution >= 0.6 is 0 Å². The molecule has 0 unspecified atom stereocenters. The van der Waals surface area contributed by atoms with Gasteiger partial charge in [-0.25, -0.2) is 0 Å². The lowest BCUT2D eigenvalue weighted by Gasteiger charge is -2.32. The maximum absolute atomic E-state index is 6.83. The van der Waals surface area contributed by atoms with Crippen molar-refractivity contribution in [3.63, 3.8) is 0 Å². The monoisotopic (exact) mass is 814 g/mol. The van der Waals surface area contributed by atoms with E-state index >= 15 is 0 Å². The van der Waals surface area contributed by atoms with Gasteiger partial charge < -0.3 is 13.9 Å². The maximum Gasteiger partial charge on any atom is 0.145 e. The predicted octanol–water partition coefficient (Wildman–Crippen LogP) is 16.2. The number of hydrogen-bond donors (Lipinski definition) is 0. The lowest BCUT2D eigenvalue weighted by Crippen LogP contribution is -2.26. The van der Waals surface area contributed by atoms with Crippen molar-refractivity contribution >= 4 is 60.8 Å². The molecular formula is C61H38N2O. The first kappa shape index (κ1) is 35.2. The smallest absolute Gasteiger partial charge is 0.145 e. The molecule has 0 radical (unpaired) electrons. The molecule has 0 atom stereocenters. The summed E-state index contributed by atoms with van der Waals surface area (Å²) in [5, 5.41) is 4.48. The number of anilines is 3. The quantitative estimate of drug-likeness (QED) is 0.173. The Morgan fingerprint density at radius 1 is 0.391 bits per heavy atom. The molecule has 2 aromatic heterocycles. The number of furan rings is 1. The highest BCUT2D eigenvalue weighted by Crippen LogP contribution is 2.64. The van der Waals surface area contributed by atoms with Crippen LogP contribution in [-0.4, -0.2) is 4.57 Å². The fourth-order valence-electron chi connectivity index (χ4n) is 11.4. The molecule has 2 aliphatic carbocycles. The lowest BCUT2D eigenvalue weighted by atomic mass is 9.70. The molecule has 0 amide bonds. The van der Waals surface area contributed by atoms with E-state index < -0.39 is 5.41 Å². The molecule has 0 bridgehead atoms. The molecule has 0 saturated heterocycles. The van der Waals surface area contributed by atoms with Crippen molar-refractivity contribution in [3.05, 3.63) is 253 Å². The molecule has 10 aromatic carbocycles. The summed E-state index contributed by atoms with van der Waals surface area (Å²) in [6.07, 6.45) is 0. The summed E-state index contributed by atoms with van der Waals surface area (Å²) in [6.45, 7) is 0. The first-order chi connectivity index (χ1) is 31.8. The summed E-state index contributed by atoms with van der Waals surface area (Å²) in [5.41, 5.74) is 20.8. The second-order valence-electron chi connectivity index (χ2n) is 17.1. The molecular weight excluding hydrogens is 777 g/mol. The van der Waals surface area contributed by atoms with Crippen molar-refractivity contribution in [1.82, 2.24) is 4.57 Å². The third-order valence-corrected chi connectivity index (χ3v) is 14.0. The summed E-state index contributed by atoms with van der Waals surface area (Å²) in [5.74, 6) is 0. The van der Waals surface area contributed by atoms with Crippen LogP contribution in [0.3, 0.4) is 0 Å². The molecule has 2 heterocycles. The molecule has 0 aliphatic heterocycles. The Morgan fingerprint density at radius 2 is 0.969 bits per heavy atom. The van der Waals surface area contributed by atoms with Crippen molar-refractivity contribution in [2.24, 2.45) is 0 Å². The normalized spacial score (nSPS) is 13.1. The van der Waals surface area contributed by atoms with Crippen LogP contribution in [-0.2, 0) is 5.41 Å². The zero-order chi connectivity index (χ0) is 41.9. The largest absolute Gasteiger partial charge is 0.455 e. The number of aromatic nitrogens is 1. The predicted molar refractivity (Wildman–Crippen MR) is 264 cm³/mol. The molecule has 0 saturated carbocycles. The van der Waals surface area contributed by atoms with E-state index in [2.05, 4.69) is 240 Å². The van der Waals surface area contributed by atoms with Gasteiger partial charge in [0, 0.05) is 38.8 Å². The van der Waals surface area contributed by atoms with Gasteiger partial charge in [-0.3, -0.25) is 0 Å². The van der Waals surface area contributed by atoms with Gasteiger partial charge in [-0.05, 0) is 117 Å². The van der Waals surface area contributed by atoms with Crippen LogP contribution in [0.2, 0.25) is 0 Å². The summed E-state index contributed by atoms with van der Waals surface area (Å²) < 4.78 is 9.22. The van der Waals surface area contributed by atoms with E-state index in [0.29, 0.717) is 0 Å². The molecule has 14 rings (SSSR count). The van der Waals surface area contributed by atoms with Crippen LogP contribution in [0.25, 0.3) is 82.8 Å². The van der Waals surface area contributed by atoms with Gasteiger partial charge in [-0.2, -0.15) is 0 Å². The van der Waals surface area contributed by atoms with Crippen LogP contribution in [0.4, 0.5) is 17.1 Å². The highest BCUT2D eigenvalue weighted by Gasteiger charge is 2.52. The van der Waals surface area contributed by atoms with Gasteiger partial charge in [0.2, 0.25) is 0 Å². The average Bonchev–Trinajstić information content (AvgIpc) is 4.09. The van der Waals surface area contributed by atoms with Gasteiger partial charge >= 0.3 is 0 Å². The van der Waals surface area contributed by atoms with Crippen LogP contribution in [0.15, 0.2) is 235 Å². The van der Waals surface area contributed by atoms with Crippen molar-refractivity contribution in [2.45, 2.75) is 5.41 Å². The molecule has 3 nitrogen and oxygen atoms in total. The van der Waals surface area contributed by atoms with Crippen LogP contribution < -0.4 is 4.90 Å². The molecule has 3 heteroatoms. The van der Waals surface area contributed by atoms with Gasteiger partial charge in [-0.1, -0.05) is 164 Å². The Hall–Kier alpha value is -8.40. The summed E-state index contributed by atoms with van der Waals surface area (Å²) in [4.78, 5) is 2.49. The highest BCUT2D eigenvalue weighted by atomic mass is 16.3. The fourth-order valence-corrected chi connectivity index (χ4v) is 11.4. The van der Waals surface area contributed by atoms with Crippen molar-refractivity contribution in [1.29, 1.82) is 0 Å². The highest BCUT2D eigenvalue weighted by molar-refractivity contribution is 6.24. The van der Waals surface area contributed by atoms with E-state index in [-0.39, 0.29) is 0 Å². The molecule has 12 aromatic rings. The molecule has 0 N–H and O–H groups in total. The van der Waals surface area contributed by atoms with Crippen molar-refractivity contribution < 1.29 is 4.42 Å². The van der Waals surface area contributed by atoms with E-state index in [1.165, 1.54) is 55.6 Å². The Bertz CT molecular complexity index is 3790. The van der Waals surface area contributed by atoms with Gasteiger partial charge in [0.05, 0.1) is 27.5 Å². The summed E-state index contributed by atoms with van der Waals surface area (Å²) >= 11 is 0. The van der Waals surface area contributed by atoms with Crippen molar-refractivity contribution in [3.8, 4) is 39.1 Å². The molecule has 298 valence electrons. The summed E-state index contributed by atoms with van der Waals surface area (Å²) in [7, 11) is 0. The van der Waals surface area contributed by atoms with Crippen molar-refractivity contribution in [2.75, 3.05) is 4.90 Å². The number of para-hydroxylation sites is 2. The Kier molecular flexibility index (Phi) is 7.32. The topological polar surface area (TPSA) is 21.3 Å².